The summed E-state index contributed by atoms with van der Waals surface area (Å²) in [7, 11) is -1.96. The summed E-state index contributed by atoms with van der Waals surface area (Å²) in [5.74, 6) is 0. The minimum atomic E-state index is -0.981. The van der Waals surface area contributed by atoms with Crippen LogP contribution in [0.25, 0.3) is 0 Å². The van der Waals surface area contributed by atoms with Gasteiger partial charge in [-0.1, -0.05) is 24.2 Å². The molecule has 0 unspecified atom stereocenters. The second-order valence-electron chi connectivity index (χ2n) is 8.50. The Labute approximate surface area is 152 Å². The van der Waals surface area contributed by atoms with Gasteiger partial charge in [0.25, 0.3) is 0 Å². The SMILES string of the molecule is [2H]c1c([2H])c(B2OC(C)(C)C(C)(C)O2)c([2H])c([2H])c1B1OC(C)(C)C(C)(C)O1. The molecule has 24 heavy (non-hydrogen) atoms. The van der Waals surface area contributed by atoms with Gasteiger partial charge in [0.2, 0.25) is 0 Å². The van der Waals surface area contributed by atoms with E-state index in [0.29, 0.717) is 0 Å². The van der Waals surface area contributed by atoms with Crippen LogP contribution in [0.5, 0.6) is 0 Å². The zero-order valence-corrected chi connectivity index (χ0v) is 15.8. The standard InChI is InChI=1S/C18H28B2O4/c1-15(2)16(3,4)22-19(21-15)13-9-11-14(12-10-13)20-23-17(5,6)18(7,8)24-20/h9-12H,1-8H3/i9D,10D,11D,12D. The predicted octanol–water partition coefficient (Wildman–Crippen LogP) is 2.29. The summed E-state index contributed by atoms with van der Waals surface area (Å²) in [6.07, 6.45) is 0. The Morgan fingerprint density at radius 1 is 0.583 bits per heavy atom. The lowest BCUT2D eigenvalue weighted by Gasteiger charge is -2.32. The highest BCUT2D eigenvalue weighted by Gasteiger charge is 2.53. The van der Waals surface area contributed by atoms with E-state index in [1.807, 2.05) is 55.4 Å². The molecule has 2 fully saturated rings. The topological polar surface area (TPSA) is 36.9 Å². The predicted molar refractivity (Wildman–Crippen MR) is 97.9 cm³/mol. The Kier molecular flexibility index (Phi) is 2.98. The fourth-order valence-corrected chi connectivity index (χ4v) is 2.49. The normalized spacial score (nSPS) is 29.2. The van der Waals surface area contributed by atoms with E-state index in [-0.39, 0.29) is 35.1 Å². The van der Waals surface area contributed by atoms with Crippen molar-refractivity contribution in [3.8, 4) is 0 Å². The number of hydrogen-bond acceptors (Lipinski definition) is 4. The molecule has 3 rings (SSSR count). The van der Waals surface area contributed by atoms with Crippen LogP contribution in [-0.4, -0.2) is 36.6 Å². The molecule has 2 aliphatic heterocycles. The molecule has 0 N–H and O–H groups in total. The molecule has 0 radical (unpaired) electrons. The van der Waals surface area contributed by atoms with Crippen LogP contribution in [0.15, 0.2) is 24.2 Å². The maximum atomic E-state index is 8.50. The number of hydrogen-bond donors (Lipinski definition) is 0. The highest BCUT2D eigenvalue weighted by molar-refractivity contribution is 6.64. The molecule has 0 spiro atoms. The first-order valence-electron chi connectivity index (χ1n) is 10.3. The molecule has 1 aromatic carbocycles. The zero-order valence-electron chi connectivity index (χ0n) is 19.8. The molecule has 0 saturated carbocycles. The van der Waals surface area contributed by atoms with Crippen molar-refractivity contribution in [1.29, 1.82) is 0 Å². The van der Waals surface area contributed by atoms with Gasteiger partial charge in [-0.3, -0.25) is 0 Å². The molecule has 4 nitrogen and oxygen atoms in total. The van der Waals surface area contributed by atoms with Gasteiger partial charge in [0.1, 0.15) is 0 Å². The van der Waals surface area contributed by atoms with Crippen LogP contribution >= 0.6 is 0 Å². The van der Waals surface area contributed by atoms with Crippen molar-refractivity contribution in [2.45, 2.75) is 77.8 Å². The highest BCUT2D eigenvalue weighted by atomic mass is 16.7. The molecule has 0 atom stereocenters. The molecule has 0 amide bonds. The van der Waals surface area contributed by atoms with Crippen molar-refractivity contribution < 1.29 is 24.1 Å². The van der Waals surface area contributed by atoms with Gasteiger partial charge in [-0.25, -0.2) is 0 Å². The molecule has 0 bridgehead atoms. The van der Waals surface area contributed by atoms with Crippen molar-refractivity contribution in [3.63, 3.8) is 0 Å². The Bertz CT molecular complexity index is 698. The van der Waals surface area contributed by atoms with Gasteiger partial charge < -0.3 is 18.6 Å². The van der Waals surface area contributed by atoms with Gasteiger partial charge in [-0.2, -0.15) is 0 Å². The summed E-state index contributed by atoms with van der Waals surface area (Å²) in [5.41, 5.74) is -2.41. The van der Waals surface area contributed by atoms with E-state index in [2.05, 4.69) is 0 Å². The van der Waals surface area contributed by atoms with Crippen molar-refractivity contribution in [3.05, 3.63) is 24.2 Å². The van der Waals surface area contributed by atoms with Gasteiger partial charge in [0.15, 0.2) is 0 Å². The van der Waals surface area contributed by atoms with Gasteiger partial charge >= 0.3 is 14.2 Å². The van der Waals surface area contributed by atoms with Gasteiger partial charge in [0, 0.05) is 0 Å². The largest absolute Gasteiger partial charge is 0.494 e. The zero-order chi connectivity index (χ0) is 21.4. The molecule has 1 aromatic rings. The van der Waals surface area contributed by atoms with Crippen molar-refractivity contribution >= 4 is 25.2 Å². The van der Waals surface area contributed by atoms with E-state index in [0.717, 1.165) is 0 Å². The quantitative estimate of drug-likeness (QED) is 0.778. The van der Waals surface area contributed by atoms with Crippen LogP contribution in [0.4, 0.5) is 0 Å². The first kappa shape index (κ1) is 13.4. The van der Waals surface area contributed by atoms with Crippen LogP contribution in [0.2, 0.25) is 0 Å². The first-order chi connectivity index (χ1) is 12.5. The van der Waals surface area contributed by atoms with E-state index in [4.69, 9.17) is 24.1 Å². The molecule has 130 valence electrons. The highest BCUT2D eigenvalue weighted by Crippen LogP contribution is 2.37. The Morgan fingerprint density at radius 3 is 1.00 bits per heavy atom. The van der Waals surface area contributed by atoms with Crippen LogP contribution in [0, 0.1) is 0 Å². The summed E-state index contributed by atoms with van der Waals surface area (Å²) < 4.78 is 57.8. The number of benzene rings is 1. The van der Waals surface area contributed by atoms with E-state index in [1.165, 1.54) is 0 Å². The second-order valence-corrected chi connectivity index (χ2v) is 8.50. The molecule has 2 aliphatic rings. The Balaban J connectivity index is 2.08. The third kappa shape index (κ3) is 2.84. The van der Waals surface area contributed by atoms with Crippen LogP contribution in [-0.2, 0) is 18.6 Å². The first-order valence-corrected chi connectivity index (χ1v) is 8.34. The minimum Gasteiger partial charge on any atom is -0.399 e. The summed E-state index contributed by atoms with van der Waals surface area (Å²) in [6.45, 7) is 15.0. The van der Waals surface area contributed by atoms with Crippen LogP contribution in [0.3, 0.4) is 0 Å². The van der Waals surface area contributed by atoms with E-state index in [9.17, 15) is 0 Å². The van der Waals surface area contributed by atoms with Crippen molar-refractivity contribution in [2.24, 2.45) is 0 Å². The Morgan fingerprint density at radius 2 is 0.792 bits per heavy atom. The van der Waals surface area contributed by atoms with Gasteiger partial charge in [-0.05, 0) is 66.3 Å². The fraction of sp³-hybridized carbons (Fsp3) is 0.667. The van der Waals surface area contributed by atoms with Gasteiger partial charge in [-0.15, -0.1) is 0 Å². The van der Waals surface area contributed by atoms with E-state index in [1.54, 1.807) is 0 Å². The van der Waals surface area contributed by atoms with Crippen LogP contribution in [0.1, 0.15) is 60.9 Å². The summed E-state index contributed by atoms with van der Waals surface area (Å²) >= 11 is 0. The monoisotopic (exact) mass is 334 g/mol. The molecule has 2 saturated heterocycles. The van der Waals surface area contributed by atoms with Crippen molar-refractivity contribution in [2.75, 3.05) is 0 Å². The lowest BCUT2D eigenvalue weighted by atomic mass is 9.74. The summed E-state index contributed by atoms with van der Waals surface area (Å²) in [4.78, 5) is 0. The lowest BCUT2D eigenvalue weighted by molar-refractivity contribution is 0.00578. The van der Waals surface area contributed by atoms with Crippen LogP contribution < -0.4 is 10.9 Å². The molecule has 2 heterocycles. The maximum Gasteiger partial charge on any atom is 0.494 e. The Hall–Kier alpha value is -0.810. The molecule has 6 heteroatoms. The smallest absolute Gasteiger partial charge is 0.399 e. The average Bonchev–Trinajstić information content (AvgIpc) is 2.85. The fourth-order valence-electron chi connectivity index (χ4n) is 2.49. The maximum absolute atomic E-state index is 8.50. The summed E-state index contributed by atoms with van der Waals surface area (Å²) in [5, 5.41) is 0. The molecule has 0 aromatic heterocycles. The van der Waals surface area contributed by atoms with Gasteiger partial charge in [0.05, 0.1) is 27.9 Å². The molecular weight excluding hydrogens is 302 g/mol. The second kappa shape index (κ2) is 5.34. The van der Waals surface area contributed by atoms with E-state index < -0.39 is 36.6 Å². The third-order valence-corrected chi connectivity index (χ3v) is 5.64. The van der Waals surface area contributed by atoms with Crippen molar-refractivity contribution in [1.82, 2.24) is 0 Å². The van der Waals surface area contributed by atoms with E-state index >= 15 is 0 Å². The average molecular weight is 334 g/mol. The molecular formula is C18H28B2O4. The number of rotatable bonds is 2. The lowest BCUT2D eigenvalue weighted by Crippen LogP contribution is -2.41. The minimum absolute atomic E-state index is 0.0916. The molecule has 0 aliphatic carbocycles. The summed E-state index contributed by atoms with van der Waals surface area (Å²) in [6, 6.07) is -0.818. The third-order valence-electron chi connectivity index (χ3n) is 5.64.